The van der Waals surface area contributed by atoms with Crippen LogP contribution in [0.25, 0.3) is 0 Å². The van der Waals surface area contributed by atoms with Crippen molar-refractivity contribution in [3.63, 3.8) is 0 Å². The zero-order valence-electron chi connectivity index (χ0n) is 16.6. The van der Waals surface area contributed by atoms with Crippen LogP contribution in [0.1, 0.15) is 11.1 Å². The second kappa shape index (κ2) is 8.52. The molecule has 150 valence electrons. The van der Waals surface area contributed by atoms with Crippen molar-refractivity contribution in [3.05, 3.63) is 41.7 Å². The van der Waals surface area contributed by atoms with Crippen LogP contribution in [-0.4, -0.2) is 72.1 Å². The molecular formula is C20H28N6O2. The van der Waals surface area contributed by atoms with Gasteiger partial charge in [0.15, 0.2) is 17.5 Å². The Kier molecular flexibility index (Phi) is 5.66. The molecule has 4 rings (SSSR count). The van der Waals surface area contributed by atoms with E-state index in [-0.39, 0.29) is 0 Å². The molecule has 2 aliphatic heterocycles. The number of aromatic nitrogens is 2. The van der Waals surface area contributed by atoms with Gasteiger partial charge in [0.05, 0.1) is 6.20 Å². The normalized spacial score (nSPS) is 17.2. The molecule has 1 aromatic heterocycles. The van der Waals surface area contributed by atoms with Crippen LogP contribution in [0.2, 0.25) is 0 Å². The van der Waals surface area contributed by atoms with Crippen molar-refractivity contribution < 1.29 is 9.47 Å². The van der Waals surface area contributed by atoms with E-state index >= 15 is 0 Å². The Bertz CT molecular complexity index is 826. The minimum absolute atomic E-state index is 0.324. The molecule has 0 atom stereocenters. The Labute approximate surface area is 165 Å². The van der Waals surface area contributed by atoms with E-state index in [0.717, 1.165) is 63.1 Å². The highest BCUT2D eigenvalue weighted by Crippen LogP contribution is 2.32. The Morgan fingerprint density at radius 1 is 1.14 bits per heavy atom. The molecule has 1 N–H and O–H groups in total. The molecule has 1 fully saturated rings. The van der Waals surface area contributed by atoms with Crippen LogP contribution in [0.3, 0.4) is 0 Å². The average molecular weight is 384 g/mol. The largest absolute Gasteiger partial charge is 0.454 e. The first-order valence-corrected chi connectivity index (χ1v) is 9.75. The van der Waals surface area contributed by atoms with Gasteiger partial charge in [-0.05, 0) is 29.7 Å². The molecule has 3 heterocycles. The molecule has 2 aliphatic rings. The minimum atomic E-state index is 0.324. The van der Waals surface area contributed by atoms with Gasteiger partial charge in [-0.2, -0.15) is 5.10 Å². The van der Waals surface area contributed by atoms with Gasteiger partial charge in [0, 0.05) is 59.6 Å². The third-order valence-corrected chi connectivity index (χ3v) is 5.18. The number of piperazine rings is 1. The minimum Gasteiger partial charge on any atom is -0.454 e. The van der Waals surface area contributed by atoms with E-state index in [2.05, 4.69) is 43.5 Å². The van der Waals surface area contributed by atoms with Crippen molar-refractivity contribution in [2.75, 3.05) is 46.6 Å². The standard InChI is InChI=1S/C20H28N6O2/c1-21-20(22-6-5-17-12-23-24(2)13-17)26-9-7-25(8-10-26)14-16-3-4-18-19(11-16)28-15-27-18/h3-4,11-13H,5-10,14-15H2,1-2H3,(H,21,22). The number of nitrogens with one attached hydrogen (secondary N) is 1. The fraction of sp³-hybridized carbons (Fsp3) is 0.500. The lowest BCUT2D eigenvalue weighted by atomic mass is 10.1. The molecule has 0 aliphatic carbocycles. The summed E-state index contributed by atoms with van der Waals surface area (Å²) in [4.78, 5) is 9.26. The molecule has 0 radical (unpaired) electrons. The predicted octanol–water partition coefficient (Wildman–Crippen LogP) is 1.08. The summed E-state index contributed by atoms with van der Waals surface area (Å²) < 4.78 is 12.7. The summed E-state index contributed by atoms with van der Waals surface area (Å²) in [5.41, 5.74) is 2.50. The number of benzene rings is 1. The van der Waals surface area contributed by atoms with Gasteiger partial charge >= 0.3 is 0 Å². The fourth-order valence-electron chi connectivity index (χ4n) is 3.67. The summed E-state index contributed by atoms with van der Waals surface area (Å²) in [6.45, 7) is 6.07. The molecule has 28 heavy (non-hydrogen) atoms. The Balaban J connectivity index is 1.23. The fourth-order valence-corrected chi connectivity index (χ4v) is 3.67. The SMILES string of the molecule is CN=C(NCCc1cnn(C)c1)N1CCN(Cc2ccc3c(c2)OCO3)CC1. The number of aliphatic imine (C=N–C) groups is 1. The lowest BCUT2D eigenvalue weighted by Crippen LogP contribution is -2.52. The predicted molar refractivity (Wildman–Crippen MR) is 108 cm³/mol. The summed E-state index contributed by atoms with van der Waals surface area (Å²) in [5.74, 6) is 2.68. The van der Waals surface area contributed by atoms with Crippen molar-refractivity contribution in [1.29, 1.82) is 0 Å². The zero-order valence-corrected chi connectivity index (χ0v) is 16.6. The summed E-state index contributed by atoms with van der Waals surface area (Å²) in [5, 5.41) is 7.69. The molecular weight excluding hydrogens is 356 g/mol. The molecule has 1 aromatic carbocycles. The van der Waals surface area contributed by atoms with E-state index in [1.165, 1.54) is 11.1 Å². The highest BCUT2D eigenvalue weighted by Gasteiger charge is 2.20. The van der Waals surface area contributed by atoms with E-state index in [1.54, 1.807) is 0 Å². The summed E-state index contributed by atoms with van der Waals surface area (Å²) in [6.07, 6.45) is 4.91. The van der Waals surface area contributed by atoms with E-state index < -0.39 is 0 Å². The molecule has 0 bridgehead atoms. The van der Waals surface area contributed by atoms with Crippen molar-refractivity contribution in [2.24, 2.45) is 12.0 Å². The average Bonchev–Trinajstić information content (AvgIpc) is 3.34. The number of hydrogen-bond donors (Lipinski definition) is 1. The summed E-state index contributed by atoms with van der Waals surface area (Å²) in [7, 11) is 3.80. The maximum Gasteiger partial charge on any atom is 0.231 e. The monoisotopic (exact) mass is 384 g/mol. The van der Waals surface area contributed by atoms with Gasteiger partial charge in [-0.1, -0.05) is 6.07 Å². The second-order valence-corrected chi connectivity index (χ2v) is 7.20. The van der Waals surface area contributed by atoms with Crippen LogP contribution >= 0.6 is 0 Å². The number of aryl methyl sites for hydroxylation is 1. The van der Waals surface area contributed by atoms with E-state index in [0.29, 0.717) is 6.79 Å². The Morgan fingerprint density at radius 3 is 2.71 bits per heavy atom. The van der Waals surface area contributed by atoms with Gasteiger partial charge < -0.3 is 19.7 Å². The molecule has 2 aromatic rings. The Morgan fingerprint density at radius 2 is 1.96 bits per heavy atom. The van der Waals surface area contributed by atoms with E-state index in [4.69, 9.17) is 9.47 Å². The zero-order chi connectivity index (χ0) is 19.3. The van der Waals surface area contributed by atoms with Crippen LogP contribution in [0.4, 0.5) is 0 Å². The highest BCUT2D eigenvalue weighted by molar-refractivity contribution is 5.80. The van der Waals surface area contributed by atoms with Gasteiger partial charge in [0.25, 0.3) is 0 Å². The molecule has 0 unspecified atom stereocenters. The maximum atomic E-state index is 5.48. The number of fused-ring (bicyclic) bond motifs is 1. The molecule has 8 heteroatoms. The number of nitrogens with zero attached hydrogens (tertiary/aromatic N) is 5. The van der Waals surface area contributed by atoms with E-state index in [1.807, 2.05) is 31.0 Å². The number of hydrogen-bond acceptors (Lipinski definition) is 5. The molecule has 0 amide bonds. The molecule has 1 saturated heterocycles. The van der Waals surface area contributed by atoms with E-state index in [9.17, 15) is 0 Å². The number of guanidine groups is 1. The van der Waals surface area contributed by atoms with Crippen LogP contribution in [0.5, 0.6) is 11.5 Å². The van der Waals surface area contributed by atoms with Gasteiger partial charge in [0.2, 0.25) is 6.79 Å². The molecule has 8 nitrogen and oxygen atoms in total. The third-order valence-electron chi connectivity index (χ3n) is 5.18. The van der Waals surface area contributed by atoms with Crippen LogP contribution < -0.4 is 14.8 Å². The van der Waals surface area contributed by atoms with Crippen molar-refractivity contribution in [1.82, 2.24) is 24.9 Å². The number of ether oxygens (including phenoxy) is 2. The lowest BCUT2D eigenvalue weighted by Gasteiger charge is -2.36. The smallest absolute Gasteiger partial charge is 0.231 e. The quantitative estimate of drug-likeness (QED) is 0.615. The van der Waals surface area contributed by atoms with Crippen LogP contribution in [0.15, 0.2) is 35.6 Å². The van der Waals surface area contributed by atoms with Crippen molar-refractivity contribution in [3.8, 4) is 11.5 Å². The maximum absolute atomic E-state index is 5.48. The van der Waals surface area contributed by atoms with Gasteiger partial charge in [-0.3, -0.25) is 14.6 Å². The molecule has 0 spiro atoms. The van der Waals surface area contributed by atoms with Gasteiger partial charge in [0.1, 0.15) is 0 Å². The second-order valence-electron chi connectivity index (χ2n) is 7.20. The van der Waals surface area contributed by atoms with Crippen LogP contribution in [0, 0.1) is 0 Å². The third kappa shape index (κ3) is 4.39. The van der Waals surface area contributed by atoms with Crippen molar-refractivity contribution >= 4 is 5.96 Å². The topological polar surface area (TPSA) is 67.2 Å². The first-order valence-electron chi connectivity index (χ1n) is 9.75. The molecule has 0 saturated carbocycles. The summed E-state index contributed by atoms with van der Waals surface area (Å²) >= 11 is 0. The summed E-state index contributed by atoms with van der Waals surface area (Å²) in [6, 6.07) is 6.22. The van der Waals surface area contributed by atoms with Crippen LogP contribution in [-0.2, 0) is 20.0 Å². The Hall–Kier alpha value is -2.74. The first-order chi connectivity index (χ1) is 13.7. The van der Waals surface area contributed by atoms with Gasteiger partial charge in [-0.15, -0.1) is 0 Å². The van der Waals surface area contributed by atoms with Crippen molar-refractivity contribution in [2.45, 2.75) is 13.0 Å². The lowest BCUT2D eigenvalue weighted by molar-refractivity contribution is 0.171. The first kappa shape index (κ1) is 18.6. The van der Waals surface area contributed by atoms with Gasteiger partial charge in [-0.25, -0.2) is 0 Å². The number of rotatable bonds is 5. The highest BCUT2D eigenvalue weighted by atomic mass is 16.7.